The second kappa shape index (κ2) is 16.9. The Labute approximate surface area is 359 Å². The van der Waals surface area contributed by atoms with Crippen LogP contribution in [0.5, 0.6) is 0 Å². The van der Waals surface area contributed by atoms with E-state index in [1.165, 1.54) is 0 Å². The number of hydrogen-bond acceptors (Lipinski definition) is 7. The fraction of sp³-hybridized carbons (Fsp3) is 0. The molecule has 62 heavy (non-hydrogen) atoms. The maximum absolute atomic E-state index is 10.1. The Kier molecular flexibility index (Phi) is 10.2. The molecule has 0 fully saturated rings. The first-order valence-corrected chi connectivity index (χ1v) is 20.3. The third-order valence-corrected chi connectivity index (χ3v) is 10.7. The van der Waals surface area contributed by atoms with Crippen LogP contribution in [0.15, 0.2) is 212 Å². The fourth-order valence-corrected chi connectivity index (χ4v) is 7.53. The van der Waals surface area contributed by atoms with Gasteiger partial charge in [0.1, 0.15) is 0 Å². The van der Waals surface area contributed by atoms with Crippen molar-refractivity contribution >= 4 is 0 Å². The molecule has 0 bridgehead atoms. The number of aromatic nitrogens is 6. The normalized spacial score (nSPS) is 10.9. The van der Waals surface area contributed by atoms with Gasteiger partial charge in [-0.3, -0.25) is 0 Å². The molecule has 0 radical (unpaired) electrons. The van der Waals surface area contributed by atoms with E-state index in [4.69, 9.17) is 29.9 Å². The second-order valence-corrected chi connectivity index (χ2v) is 14.7. The molecule has 0 amide bonds. The van der Waals surface area contributed by atoms with Gasteiger partial charge in [0.25, 0.3) is 0 Å². The molecule has 0 saturated heterocycles. The summed E-state index contributed by atoms with van der Waals surface area (Å²) in [5.41, 5.74) is 11.8. The van der Waals surface area contributed by atoms with Crippen molar-refractivity contribution in [1.29, 1.82) is 5.26 Å². The van der Waals surface area contributed by atoms with Gasteiger partial charge in [-0.25, -0.2) is 29.9 Å². The Hall–Kier alpha value is -8.73. The van der Waals surface area contributed by atoms with Crippen molar-refractivity contribution in [3.8, 4) is 108 Å². The first kappa shape index (κ1) is 37.5. The average Bonchev–Trinajstić information content (AvgIpc) is 3.37. The van der Waals surface area contributed by atoms with E-state index in [2.05, 4.69) is 60.7 Å². The zero-order valence-electron chi connectivity index (χ0n) is 33.3. The summed E-state index contributed by atoms with van der Waals surface area (Å²) in [6, 6.07) is 73.1. The summed E-state index contributed by atoms with van der Waals surface area (Å²) in [6.07, 6.45) is 0. The number of rotatable bonds is 9. The molecule has 0 aliphatic rings. The molecule has 10 rings (SSSR count). The molecule has 290 valence electrons. The van der Waals surface area contributed by atoms with Crippen molar-refractivity contribution in [3.05, 3.63) is 218 Å². The minimum atomic E-state index is 0.576. The van der Waals surface area contributed by atoms with Gasteiger partial charge in [0.05, 0.1) is 11.6 Å². The van der Waals surface area contributed by atoms with Crippen molar-refractivity contribution in [1.82, 2.24) is 29.9 Å². The quantitative estimate of drug-likeness (QED) is 0.143. The van der Waals surface area contributed by atoms with Crippen LogP contribution in [0.25, 0.3) is 102 Å². The Balaban J connectivity index is 1.09. The molecule has 2 heterocycles. The molecule has 7 nitrogen and oxygen atoms in total. The van der Waals surface area contributed by atoms with Gasteiger partial charge in [0.2, 0.25) is 0 Å². The smallest absolute Gasteiger partial charge is 0.164 e. The third-order valence-electron chi connectivity index (χ3n) is 10.7. The van der Waals surface area contributed by atoms with Crippen molar-refractivity contribution < 1.29 is 0 Å². The number of nitrogens with zero attached hydrogens (tertiary/aromatic N) is 7. The van der Waals surface area contributed by atoms with Crippen LogP contribution in [-0.2, 0) is 0 Å². The third kappa shape index (κ3) is 7.75. The van der Waals surface area contributed by atoms with E-state index in [1.54, 1.807) is 0 Å². The van der Waals surface area contributed by atoms with E-state index in [9.17, 15) is 5.26 Å². The van der Waals surface area contributed by atoms with Crippen LogP contribution < -0.4 is 0 Å². The lowest BCUT2D eigenvalue weighted by atomic mass is 9.89. The number of nitriles is 1. The first-order valence-electron chi connectivity index (χ1n) is 20.3. The van der Waals surface area contributed by atoms with Crippen LogP contribution in [0.1, 0.15) is 5.56 Å². The van der Waals surface area contributed by atoms with Gasteiger partial charge in [0.15, 0.2) is 34.9 Å². The highest BCUT2D eigenvalue weighted by molar-refractivity contribution is 5.89. The molecule has 0 atom stereocenters. The molecule has 2 aromatic heterocycles. The summed E-state index contributed by atoms with van der Waals surface area (Å²) in [5.74, 6) is 3.57. The van der Waals surface area contributed by atoms with Crippen molar-refractivity contribution in [2.24, 2.45) is 0 Å². The predicted molar refractivity (Wildman–Crippen MR) is 247 cm³/mol. The lowest BCUT2D eigenvalue weighted by molar-refractivity contribution is 1.07. The van der Waals surface area contributed by atoms with E-state index >= 15 is 0 Å². The maximum Gasteiger partial charge on any atom is 0.164 e. The van der Waals surface area contributed by atoms with Gasteiger partial charge >= 0.3 is 0 Å². The number of hydrogen-bond donors (Lipinski definition) is 0. The highest BCUT2D eigenvalue weighted by Gasteiger charge is 2.17. The summed E-state index contributed by atoms with van der Waals surface area (Å²) in [6.45, 7) is 0. The topological polar surface area (TPSA) is 101 Å². The summed E-state index contributed by atoms with van der Waals surface area (Å²) >= 11 is 0. The lowest BCUT2D eigenvalue weighted by Crippen LogP contribution is -2.00. The minimum absolute atomic E-state index is 0.576. The Morgan fingerprint density at radius 1 is 0.242 bits per heavy atom. The van der Waals surface area contributed by atoms with Gasteiger partial charge in [-0.05, 0) is 51.6 Å². The molecular weight excluding hydrogens is 759 g/mol. The SMILES string of the molecule is N#Cc1ccccc1-c1ccc(-c2cccc(-c3nc(-c4ccccc4)nc(-c4ccccc4)n3)c2)c(-c2ccc(-c3nc(-c4ccccc4)nc(-c4ccccc4)n3)cc2)c1. The van der Waals surface area contributed by atoms with Crippen LogP contribution in [0, 0.1) is 11.3 Å². The predicted octanol–water partition coefficient (Wildman–Crippen LogP) is 12.9. The Morgan fingerprint density at radius 3 is 1.05 bits per heavy atom. The van der Waals surface area contributed by atoms with Crippen LogP contribution >= 0.6 is 0 Å². The summed E-state index contributed by atoms with van der Waals surface area (Å²) in [5, 5.41) is 10.1. The molecule has 0 saturated carbocycles. The van der Waals surface area contributed by atoms with Crippen LogP contribution in [-0.4, -0.2) is 29.9 Å². The molecule has 0 spiro atoms. The molecule has 8 aromatic carbocycles. The van der Waals surface area contributed by atoms with E-state index in [0.717, 1.165) is 66.8 Å². The largest absolute Gasteiger partial charge is 0.208 e. The number of benzene rings is 8. The van der Waals surface area contributed by atoms with E-state index in [-0.39, 0.29) is 0 Å². The summed E-state index contributed by atoms with van der Waals surface area (Å²) < 4.78 is 0. The molecule has 7 heteroatoms. The van der Waals surface area contributed by atoms with Gasteiger partial charge in [-0.15, -0.1) is 0 Å². The van der Waals surface area contributed by atoms with Gasteiger partial charge in [-0.2, -0.15) is 5.26 Å². The van der Waals surface area contributed by atoms with Gasteiger partial charge in [0, 0.05) is 33.4 Å². The Morgan fingerprint density at radius 2 is 0.581 bits per heavy atom. The van der Waals surface area contributed by atoms with Gasteiger partial charge in [-0.1, -0.05) is 194 Å². The highest BCUT2D eigenvalue weighted by atomic mass is 15.0. The van der Waals surface area contributed by atoms with Crippen LogP contribution in [0.2, 0.25) is 0 Å². The van der Waals surface area contributed by atoms with Crippen molar-refractivity contribution in [2.45, 2.75) is 0 Å². The van der Waals surface area contributed by atoms with Crippen LogP contribution in [0.3, 0.4) is 0 Å². The molecule has 0 N–H and O–H groups in total. The molecule has 0 aliphatic carbocycles. The zero-order chi connectivity index (χ0) is 41.7. The minimum Gasteiger partial charge on any atom is -0.208 e. The van der Waals surface area contributed by atoms with E-state index in [0.29, 0.717) is 40.5 Å². The zero-order valence-corrected chi connectivity index (χ0v) is 33.3. The highest BCUT2D eigenvalue weighted by Crippen LogP contribution is 2.39. The molecule has 0 unspecified atom stereocenters. The lowest BCUT2D eigenvalue weighted by Gasteiger charge is -2.15. The fourth-order valence-electron chi connectivity index (χ4n) is 7.53. The first-order chi connectivity index (χ1) is 30.7. The monoisotopic (exact) mass is 793 g/mol. The summed E-state index contributed by atoms with van der Waals surface area (Å²) in [7, 11) is 0. The molecule has 10 aromatic rings. The van der Waals surface area contributed by atoms with Gasteiger partial charge < -0.3 is 0 Å². The van der Waals surface area contributed by atoms with Crippen molar-refractivity contribution in [3.63, 3.8) is 0 Å². The second-order valence-electron chi connectivity index (χ2n) is 14.7. The van der Waals surface area contributed by atoms with Crippen LogP contribution in [0.4, 0.5) is 0 Å². The van der Waals surface area contributed by atoms with E-state index < -0.39 is 0 Å². The standard InChI is InChI=1S/C55H35N7/c56-36-46-24-13-14-27-47(46)44-32-33-48(43-25-15-26-45(34-43)55-61-52(40-20-9-3-10-21-40)58-53(62-55)41-22-11-4-12-23-41)49(35-44)37-28-30-42(31-29-37)54-59-50(38-16-5-1-6-17-38)57-51(60-54)39-18-7-2-8-19-39/h1-35H. The van der Waals surface area contributed by atoms with Crippen molar-refractivity contribution in [2.75, 3.05) is 0 Å². The molecule has 0 aliphatic heterocycles. The average molecular weight is 794 g/mol. The molecular formula is C55H35N7. The maximum atomic E-state index is 10.1. The summed E-state index contributed by atoms with van der Waals surface area (Å²) in [4.78, 5) is 29.7. The van der Waals surface area contributed by atoms with E-state index in [1.807, 2.05) is 158 Å². The Bertz CT molecular complexity index is 3110.